The molecule has 0 aromatic heterocycles. The third kappa shape index (κ3) is 1.84. The average molecular weight is 236 g/mol. The monoisotopic (exact) mass is 236 g/mol. The number of methoxy groups -OCH3 is 1. The minimum absolute atomic E-state index is 0.100. The van der Waals surface area contributed by atoms with Gasteiger partial charge in [-0.3, -0.25) is 4.79 Å². The van der Waals surface area contributed by atoms with Gasteiger partial charge in [-0.15, -0.1) is 12.6 Å². The van der Waals surface area contributed by atoms with Crippen molar-refractivity contribution < 1.29 is 9.53 Å². The molecule has 2 nitrogen and oxygen atoms in total. The minimum atomic E-state index is -0.407. The van der Waals surface area contributed by atoms with Gasteiger partial charge in [0.25, 0.3) is 0 Å². The van der Waals surface area contributed by atoms with Crippen molar-refractivity contribution in [2.75, 3.05) is 7.11 Å². The molecule has 16 heavy (non-hydrogen) atoms. The Balaban J connectivity index is 2.39. The summed E-state index contributed by atoms with van der Waals surface area (Å²) in [5, 5.41) is 0. The summed E-state index contributed by atoms with van der Waals surface area (Å²) in [6.45, 7) is 0. The molecule has 1 fully saturated rings. The molecule has 0 saturated heterocycles. The number of ether oxygens (including phenoxy) is 1. The minimum Gasteiger partial charge on any atom is -0.468 e. The van der Waals surface area contributed by atoms with Gasteiger partial charge in [0.2, 0.25) is 0 Å². The van der Waals surface area contributed by atoms with Crippen LogP contribution in [0.1, 0.15) is 31.2 Å². The van der Waals surface area contributed by atoms with Crippen molar-refractivity contribution in [3.8, 4) is 0 Å². The van der Waals surface area contributed by atoms with Gasteiger partial charge in [-0.2, -0.15) is 0 Å². The second-order valence-corrected chi connectivity index (χ2v) is 4.84. The van der Waals surface area contributed by atoms with E-state index in [2.05, 4.69) is 12.6 Å². The molecule has 1 saturated carbocycles. The van der Waals surface area contributed by atoms with E-state index in [9.17, 15) is 4.79 Å². The Hall–Kier alpha value is -0.960. The van der Waals surface area contributed by atoms with Crippen LogP contribution in [0.3, 0.4) is 0 Å². The predicted octanol–water partition coefficient (Wildman–Crippen LogP) is 2.96. The summed E-state index contributed by atoms with van der Waals surface area (Å²) in [6, 6.07) is 7.85. The van der Waals surface area contributed by atoms with Crippen LogP contribution in [-0.4, -0.2) is 13.1 Å². The van der Waals surface area contributed by atoms with Crippen LogP contribution < -0.4 is 0 Å². The van der Waals surface area contributed by atoms with Crippen LogP contribution in [0.25, 0.3) is 0 Å². The van der Waals surface area contributed by atoms with Crippen molar-refractivity contribution in [1.29, 1.82) is 0 Å². The van der Waals surface area contributed by atoms with E-state index in [0.29, 0.717) is 0 Å². The number of rotatable bonds is 2. The van der Waals surface area contributed by atoms with Gasteiger partial charge in [0.05, 0.1) is 12.5 Å². The Kier molecular flexibility index (Phi) is 3.24. The van der Waals surface area contributed by atoms with E-state index >= 15 is 0 Å². The van der Waals surface area contributed by atoms with Crippen molar-refractivity contribution in [2.45, 2.75) is 36.0 Å². The summed E-state index contributed by atoms with van der Waals surface area (Å²) >= 11 is 4.26. The number of esters is 1. The zero-order valence-electron chi connectivity index (χ0n) is 9.40. The summed E-state index contributed by atoms with van der Waals surface area (Å²) in [5.41, 5.74) is 0.658. The topological polar surface area (TPSA) is 26.3 Å². The van der Waals surface area contributed by atoms with Gasteiger partial charge in [-0.25, -0.2) is 0 Å². The van der Waals surface area contributed by atoms with Crippen LogP contribution >= 0.6 is 12.6 Å². The molecule has 0 atom stereocenters. The SMILES string of the molecule is COC(=O)C1(c2ccc(S)cc2)CCCC1. The first kappa shape index (κ1) is 11.5. The fourth-order valence-electron chi connectivity index (χ4n) is 2.57. The third-order valence-corrected chi connectivity index (χ3v) is 3.75. The van der Waals surface area contributed by atoms with Gasteiger partial charge in [0.15, 0.2) is 0 Å². The number of carbonyl (C=O) groups excluding carboxylic acids is 1. The van der Waals surface area contributed by atoms with Crippen LogP contribution in [-0.2, 0) is 14.9 Å². The van der Waals surface area contributed by atoms with Crippen molar-refractivity contribution in [2.24, 2.45) is 0 Å². The molecule has 0 unspecified atom stereocenters. The molecule has 0 aliphatic heterocycles. The molecule has 1 aromatic rings. The van der Waals surface area contributed by atoms with E-state index in [0.717, 1.165) is 36.1 Å². The molecule has 86 valence electrons. The summed E-state index contributed by atoms with van der Waals surface area (Å²) in [5.74, 6) is -0.100. The number of benzene rings is 1. The zero-order valence-corrected chi connectivity index (χ0v) is 10.3. The largest absolute Gasteiger partial charge is 0.468 e. The molecule has 1 aliphatic rings. The Labute approximate surface area is 101 Å². The number of hydrogen-bond acceptors (Lipinski definition) is 3. The molecular weight excluding hydrogens is 220 g/mol. The Morgan fingerprint density at radius 3 is 2.31 bits per heavy atom. The maximum Gasteiger partial charge on any atom is 0.316 e. The summed E-state index contributed by atoms with van der Waals surface area (Å²) in [4.78, 5) is 12.9. The fraction of sp³-hybridized carbons (Fsp3) is 0.462. The molecular formula is C13H16O2S. The summed E-state index contributed by atoms with van der Waals surface area (Å²) < 4.78 is 4.96. The molecule has 1 aromatic carbocycles. The van der Waals surface area contributed by atoms with Gasteiger partial charge >= 0.3 is 5.97 Å². The van der Waals surface area contributed by atoms with Crippen molar-refractivity contribution in [3.05, 3.63) is 29.8 Å². The lowest BCUT2D eigenvalue weighted by atomic mass is 9.79. The quantitative estimate of drug-likeness (QED) is 0.631. The molecule has 3 heteroatoms. The van der Waals surface area contributed by atoms with Crippen LogP contribution in [0.15, 0.2) is 29.2 Å². The van der Waals surface area contributed by atoms with Crippen LogP contribution in [0.5, 0.6) is 0 Å². The van der Waals surface area contributed by atoms with Gasteiger partial charge in [-0.05, 0) is 30.5 Å². The second-order valence-electron chi connectivity index (χ2n) is 4.33. The Bertz CT molecular complexity index is 377. The van der Waals surface area contributed by atoms with Gasteiger partial charge in [0, 0.05) is 4.90 Å². The molecule has 0 N–H and O–H groups in total. The standard InChI is InChI=1S/C13H16O2S/c1-15-12(14)13(8-2-3-9-13)10-4-6-11(16)7-5-10/h4-7,16H,2-3,8-9H2,1H3. The van der Waals surface area contributed by atoms with Crippen molar-refractivity contribution in [1.82, 2.24) is 0 Å². The molecule has 1 aliphatic carbocycles. The highest BCUT2D eigenvalue weighted by Crippen LogP contribution is 2.42. The number of carbonyl (C=O) groups is 1. The Morgan fingerprint density at radius 1 is 1.25 bits per heavy atom. The first-order valence-electron chi connectivity index (χ1n) is 5.57. The zero-order chi connectivity index (χ0) is 11.6. The van der Waals surface area contributed by atoms with E-state index in [4.69, 9.17) is 4.74 Å². The third-order valence-electron chi connectivity index (χ3n) is 3.45. The van der Waals surface area contributed by atoms with Crippen molar-refractivity contribution in [3.63, 3.8) is 0 Å². The smallest absolute Gasteiger partial charge is 0.316 e. The molecule has 0 heterocycles. The number of thiol groups is 1. The fourth-order valence-corrected chi connectivity index (χ4v) is 2.71. The van der Waals surface area contributed by atoms with Gasteiger partial charge in [0.1, 0.15) is 0 Å². The summed E-state index contributed by atoms with van der Waals surface area (Å²) in [7, 11) is 1.47. The van der Waals surface area contributed by atoms with E-state index < -0.39 is 5.41 Å². The lowest BCUT2D eigenvalue weighted by molar-refractivity contribution is -0.147. The normalized spacial score (nSPS) is 18.4. The predicted molar refractivity (Wildman–Crippen MR) is 65.9 cm³/mol. The molecule has 2 rings (SSSR count). The second kappa shape index (κ2) is 4.50. The lowest BCUT2D eigenvalue weighted by Crippen LogP contribution is -2.33. The maximum atomic E-state index is 12.0. The first-order valence-corrected chi connectivity index (χ1v) is 6.02. The maximum absolute atomic E-state index is 12.0. The van der Waals surface area contributed by atoms with Crippen LogP contribution in [0.4, 0.5) is 0 Å². The first-order chi connectivity index (χ1) is 7.69. The average Bonchev–Trinajstić information content (AvgIpc) is 2.79. The lowest BCUT2D eigenvalue weighted by Gasteiger charge is -2.26. The molecule has 0 bridgehead atoms. The van der Waals surface area contributed by atoms with Crippen molar-refractivity contribution >= 4 is 18.6 Å². The highest BCUT2D eigenvalue weighted by atomic mass is 32.1. The highest BCUT2D eigenvalue weighted by molar-refractivity contribution is 7.80. The summed E-state index contributed by atoms with van der Waals surface area (Å²) in [6.07, 6.45) is 3.98. The molecule has 0 spiro atoms. The highest BCUT2D eigenvalue weighted by Gasteiger charge is 2.43. The van der Waals surface area contributed by atoms with Crippen LogP contribution in [0.2, 0.25) is 0 Å². The van der Waals surface area contributed by atoms with Crippen LogP contribution in [0, 0.1) is 0 Å². The van der Waals surface area contributed by atoms with E-state index in [1.807, 2.05) is 24.3 Å². The molecule has 0 amide bonds. The van der Waals surface area contributed by atoms with E-state index in [-0.39, 0.29) is 5.97 Å². The number of hydrogen-bond donors (Lipinski definition) is 1. The van der Waals surface area contributed by atoms with E-state index in [1.54, 1.807) is 0 Å². The van der Waals surface area contributed by atoms with E-state index in [1.165, 1.54) is 7.11 Å². The van der Waals surface area contributed by atoms with Gasteiger partial charge in [-0.1, -0.05) is 25.0 Å². The van der Waals surface area contributed by atoms with Gasteiger partial charge < -0.3 is 4.74 Å². The molecule has 0 radical (unpaired) electrons. The Morgan fingerprint density at radius 2 is 1.81 bits per heavy atom.